The van der Waals surface area contributed by atoms with Crippen LogP contribution in [-0.2, 0) is 4.74 Å². The van der Waals surface area contributed by atoms with Gasteiger partial charge in [-0.15, -0.1) is 11.3 Å². The Morgan fingerprint density at radius 2 is 1.86 bits per heavy atom. The Morgan fingerprint density at radius 3 is 2.46 bits per heavy atom. The van der Waals surface area contributed by atoms with Crippen molar-refractivity contribution < 1.29 is 36.3 Å². The minimum Gasteiger partial charge on any atom is -0.379 e. The molecule has 2 aromatic rings. The Hall–Kier alpha value is -2.87. The van der Waals surface area contributed by atoms with Crippen LogP contribution in [0.5, 0.6) is 0 Å². The lowest BCUT2D eigenvalue weighted by atomic mass is 10.0. The summed E-state index contributed by atoms with van der Waals surface area (Å²) in [6.45, 7) is -0.619. The number of carbonyl (C=O) groups is 2. The highest BCUT2D eigenvalue weighted by molar-refractivity contribution is 7.17. The van der Waals surface area contributed by atoms with Crippen LogP contribution in [0.25, 0.3) is 10.4 Å². The van der Waals surface area contributed by atoms with Crippen LogP contribution in [0.15, 0.2) is 12.3 Å². The Kier molecular flexibility index (Phi) is 7.05. The Morgan fingerprint density at radius 1 is 1.16 bits per heavy atom. The van der Waals surface area contributed by atoms with E-state index in [4.69, 9.17) is 4.74 Å². The molecule has 200 valence electrons. The van der Waals surface area contributed by atoms with Crippen molar-refractivity contribution in [2.24, 2.45) is 0 Å². The number of alkyl halides is 5. The van der Waals surface area contributed by atoms with E-state index in [2.05, 4.69) is 15.3 Å². The number of rotatable bonds is 7. The molecule has 5 rings (SSSR count). The summed E-state index contributed by atoms with van der Waals surface area (Å²) in [5, 5.41) is 4.70. The van der Waals surface area contributed by atoms with Crippen molar-refractivity contribution in [3.8, 4) is 10.4 Å². The molecule has 3 fully saturated rings. The van der Waals surface area contributed by atoms with Crippen molar-refractivity contribution in [1.82, 2.24) is 20.2 Å². The Labute approximate surface area is 212 Å². The molecule has 2 aromatic heterocycles. The van der Waals surface area contributed by atoms with Gasteiger partial charge in [-0.25, -0.2) is 18.7 Å². The number of amides is 2. The molecule has 0 aliphatic carbocycles. The molecule has 5 heterocycles. The summed E-state index contributed by atoms with van der Waals surface area (Å²) in [5.41, 5.74) is -0.891. The Balaban J connectivity index is 1.52. The maximum atomic E-state index is 14.1. The minimum atomic E-state index is -4.57. The lowest BCUT2D eigenvalue weighted by molar-refractivity contribution is -0.115. The molecular weight excluding hydrogens is 521 g/mol. The monoisotopic (exact) mass is 545 g/mol. The maximum absolute atomic E-state index is 14.1. The SMILES string of the molecule is O=C(NC1CCOC1)c1nc(C(=O)N2C3CCC2CC3)c(-c2cnc(NCC(F)(F)F)cc2C(F)F)s1. The van der Waals surface area contributed by atoms with E-state index in [0.29, 0.717) is 19.6 Å². The molecule has 37 heavy (non-hydrogen) atoms. The fourth-order valence-corrected chi connectivity index (χ4v) is 6.13. The topological polar surface area (TPSA) is 96.4 Å². The first-order valence-electron chi connectivity index (χ1n) is 11.9. The van der Waals surface area contributed by atoms with Crippen LogP contribution in [0.3, 0.4) is 0 Å². The van der Waals surface area contributed by atoms with E-state index in [9.17, 15) is 31.5 Å². The van der Waals surface area contributed by atoms with Gasteiger partial charge in [0.15, 0.2) is 5.01 Å². The highest BCUT2D eigenvalue weighted by Crippen LogP contribution is 2.42. The normalized spacial score (nSPS) is 23.2. The van der Waals surface area contributed by atoms with E-state index in [1.54, 1.807) is 4.90 Å². The zero-order chi connectivity index (χ0) is 26.3. The van der Waals surface area contributed by atoms with Gasteiger partial charge < -0.3 is 20.3 Å². The first-order valence-corrected chi connectivity index (χ1v) is 12.7. The van der Waals surface area contributed by atoms with E-state index in [-0.39, 0.29) is 45.1 Å². The van der Waals surface area contributed by atoms with E-state index in [1.165, 1.54) is 0 Å². The second-order valence-corrected chi connectivity index (χ2v) is 10.3. The van der Waals surface area contributed by atoms with Crippen molar-refractivity contribution in [3.05, 3.63) is 28.5 Å². The van der Waals surface area contributed by atoms with Gasteiger partial charge in [-0.3, -0.25) is 9.59 Å². The van der Waals surface area contributed by atoms with Crippen molar-refractivity contribution in [2.75, 3.05) is 25.1 Å². The number of hydrogen-bond acceptors (Lipinski definition) is 7. The van der Waals surface area contributed by atoms with Crippen LogP contribution in [0.2, 0.25) is 0 Å². The average Bonchev–Trinajstić information content (AvgIpc) is 3.66. The molecule has 2 amide bonds. The minimum absolute atomic E-state index is 0.0293. The first-order chi connectivity index (χ1) is 17.6. The van der Waals surface area contributed by atoms with Crippen LogP contribution < -0.4 is 10.6 Å². The summed E-state index contributed by atoms with van der Waals surface area (Å²) in [5.74, 6) is -1.38. The number of anilines is 1. The number of carbonyl (C=O) groups excluding carboxylic acids is 2. The fraction of sp³-hybridized carbons (Fsp3) is 0.565. The molecule has 0 saturated carbocycles. The molecule has 14 heteroatoms. The number of thiazole rings is 1. The quantitative estimate of drug-likeness (QED) is 0.501. The van der Waals surface area contributed by atoms with Gasteiger partial charge >= 0.3 is 6.18 Å². The number of nitrogens with zero attached hydrogens (tertiary/aromatic N) is 3. The van der Waals surface area contributed by atoms with Crippen molar-refractivity contribution in [2.45, 2.75) is 62.8 Å². The Bertz CT molecular complexity index is 1160. The second-order valence-electron chi connectivity index (χ2n) is 9.33. The van der Waals surface area contributed by atoms with E-state index in [0.717, 1.165) is 49.3 Å². The highest BCUT2D eigenvalue weighted by Gasteiger charge is 2.44. The summed E-state index contributed by atoms with van der Waals surface area (Å²) < 4.78 is 71.2. The summed E-state index contributed by atoms with van der Waals surface area (Å²) in [6, 6.07) is 0.656. The summed E-state index contributed by atoms with van der Waals surface area (Å²) in [7, 11) is 0. The van der Waals surface area contributed by atoms with Crippen molar-refractivity contribution in [3.63, 3.8) is 0 Å². The van der Waals surface area contributed by atoms with Crippen molar-refractivity contribution >= 4 is 29.0 Å². The molecule has 2 N–H and O–H groups in total. The third kappa shape index (κ3) is 5.40. The van der Waals surface area contributed by atoms with Gasteiger partial charge in [0, 0.05) is 36.0 Å². The molecule has 1 atom stereocenters. The number of pyridine rings is 1. The summed E-state index contributed by atoms with van der Waals surface area (Å²) in [6.07, 6.45) is -2.67. The molecule has 8 nitrogen and oxygen atoms in total. The molecule has 3 saturated heterocycles. The predicted octanol–water partition coefficient (Wildman–Crippen LogP) is 4.40. The molecule has 0 radical (unpaired) electrons. The van der Waals surface area contributed by atoms with E-state index < -0.39 is 36.5 Å². The summed E-state index contributed by atoms with van der Waals surface area (Å²) >= 11 is 0.784. The lowest BCUT2D eigenvalue weighted by Crippen LogP contribution is -2.36. The van der Waals surface area contributed by atoms with Crippen LogP contribution in [0, 0.1) is 0 Å². The zero-order valence-electron chi connectivity index (χ0n) is 19.5. The van der Waals surface area contributed by atoms with Crippen LogP contribution >= 0.6 is 11.3 Å². The predicted molar refractivity (Wildman–Crippen MR) is 124 cm³/mol. The molecule has 0 aromatic carbocycles. The largest absolute Gasteiger partial charge is 0.405 e. The molecule has 3 aliphatic heterocycles. The number of fused-ring (bicyclic) bond motifs is 2. The van der Waals surface area contributed by atoms with E-state index >= 15 is 0 Å². The van der Waals surface area contributed by atoms with E-state index in [1.807, 2.05) is 5.32 Å². The molecular formula is C23H24F5N5O3S. The molecule has 3 aliphatic rings. The highest BCUT2D eigenvalue weighted by atomic mass is 32.1. The van der Waals surface area contributed by atoms with Gasteiger partial charge in [0.1, 0.15) is 18.1 Å². The van der Waals surface area contributed by atoms with Gasteiger partial charge in [0.25, 0.3) is 18.2 Å². The number of ether oxygens (including phenoxy) is 1. The number of aromatic nitrogens is 2. The summed E-state index contributed by atoms with van der Waals surface area (Å²) in [4.78, 5) is 36.5. The van der Waals surface area contributed by atoms with Gasteiger partial charge in [-0.2, -0.15) is 13.2 Å². The first kappa shape index (κ1) is 25.8. The lowest BCUT2D eigenvalue weighted by Gasteiger charge is -2.22. The van der Waals surface area contributed by atoms with Crippen LogP contribution in [-0.4, -0.2) is 70.7 Å². The second kappa shape index (κ2) is 10.1. The van der Waals surface area contributed by atoms with Crippen molar-refractivity contribution in [1.29, 1.82) is 0 Å². The molecule has 0 spiro atoms. The van der Waals surface area contributed by atoms with Crippen LogP contribution in [0.1, 0.15) is 64.4 Å². The third-order valence-electron chi connectivity index (χ3n) is 6.86. The molecule has 2 bridgehead atoms. The third-order valence-corrected chi connectivity index (χ3v) is 7.95. The standard InChI is InChI=1S/C23H24F5N5O3S/c24-19(25)14-7-16(30-10-23(26,27)28)29-8-15(14)18-17(22(35)33-12-1-2-13(33)4-3-12)32-21(37-18)20(34)31-11-5-6-36-9-11/h7-8,11-13,19H,1-6,9-10H2,(H,29,30)(H,31,34). The number of nitrogens with one attached hydrogen (secondary N) is 2. The zero-order valence-corrected chi connectivity index (χ0v) is 20.3. The van der Waals surface area contributed by atoms with Gasteiger partial charge in [0.2, 0.25) is 0 Å². The van der Waals surface area contributed by atoms with Gasteiger partial charge in [-0.05, 0) is 38.2 Å². The maximum Gasteiger partial charge on any atom is 0.405 e. The number of halogens is 5. The van der Waals surface area contributed by atoms with Gasteiger partial charge in [0.05, 0.1) is 17.5 Å². The number of hydrogen-bond donors (Lipinski definition) is 2. The fourth-order valence-electron chi connectivity index (χ4n) is 5.14. The molecule has 1 unspecified atom stereocenters. The average molecular weight is 546 g/mol. The van der Waals surface area contributed by atoms with Crippen LogP contribution in [0.4, 0.5) is 27.8 Å². The van der Waals surface area contributed by atoms with Gasteiger partial charge in [-0.1, -0.05) is 0 Å². The smallest absolute Gasteiger partial charge is 0.379 e.